The highest BCUT2D eigenvalue weighted by molar-refractivity contribution is 5.42. The molecule has 4 nitrogen and oxygen atoms in total. The van der Waals surface area contributed by atoms with Gasteiger partial charge in [0.2, 0.25) is 0 Å². The zero-order chi connectivity index (χ0) is 11.3. The highest BCUT2D eigenvalue weighted by Crippen LogP contribution is 2.07. The number of hydrogen-bond acceptors (Lipinski definition) is 4. The Balaban J connectivity index is 2.48. The fraction of sp³-hybridized carbons (Fsp3) is 0.455. The Morgan fingerprint density at radius 2 is 2.27 bits per heavy atom. The van der Waals surface area contributed by atoms with Crippen molar-refractivity contribution < 1.29 is 5.11 Å². The van der Waals surface area contributed by atoms with E-state index in [-0.39, 0.29) is 12.0 Å². The van der Waals surface area contributed by atoms with Crippen LogP contribution >= 0.6 is 0 Å². The molecule has 1 aromatic heterocycles. The third kappa shape index (κ3) is 3.56. The van der Waals surface area contributed by atoms with Crippen LogP contribution in [0.5, 0.6) is 0 Å². The van der Waals surface area contributed by atoms with E-state index in [9.17, 15) is 5.11 Å². The van der Waals surface area contributed by atoms with Crippen LogP contribution in [0.15, 0.2) is 18.3 Å². The summed E-state index contributed by atoms with van der Waals surface area (Å²) in [5.74, 6) is 0.226. The van der Waals surface area contributed by atoms with Gasteiger partial charge in [-0.15, -0.1) is 0 Å². The molecule has 1 unspecified atom stereocenters. The molecule has 1 rings (SSSR count). The molecule has 0 amide bonds. The molecule has 0 bridgehead atoms. The number of nitriles is 1. The van der Waals surface area contributed by atoms with Crippen molar-refractivity contribution in [1.29, 1.82) is 5.26 Å². The topological polar surface area (TPSA) is 68.9 Å². The molecule has 1 aromatic rings. The Kier molecular flexibility index (Phi) is 4.07. The van der Waals surface area contributed by atoms with Gasteiger partial charge in [0.05, 0.1) is 18.0 Å². The Morgan fingerprint density at radius 3 is 2.73 bits per heavy atom. The van der Waals surface area contributed by atoms with Crippen LogP contribution in [0.3, 0.4) is 0 Å². The van der Waals surface area contributed by atoms with Crippen molar-refractivity contribution in [2.45, 2.75) is 20.0 Å². The van der Waals surface area contributed by atoms with E-state index in [0.29, 0.717) is 12.2 Å². The van der Waals surface area contributed by atoms with E-state index < -0.39 is 0 Å². The molecular formula is C11H15N3O. The number of rotatable bonds is 4. The number of nitrogens with one attached hydrogen (secondary N) is 1. The summed E-state index contributed by atoms with van der Waals surface area (Å²) in [7, 11) is 0. The van der Waals surface area contributed by atoms with Crippen LogP contribution in [-0.2, 0) is 0 Å². The Hall–Kier alpha value is -1.60. The molecule has 0 aliphatic carbocycles. The monoisotopic (exact) mass is 205 g/mol. The zero-order valence-corrected chi connectivity index (χ0v) is 8.94. The van der Waals surface area contributed by atoms with E-state index in [1.807, 2.05) is 19.9 Å². The highest BCUT2D eigenvalue weighted by atomic mass is 16.3. The second-order valence-corrected chi connectivity index (χ2v) is 3.74. The average Bonchev–Trinajstić information content (AvgIpc) is 2.26. The lowest BCUT2D eigenvalue weighted by Crippen LogP contribution is -2.24. The van der Waals surface area contributed by atoms with Gasteiger partial charge in [0.25, 0.3) is 0 Å². The third-order valence-corrected chi connectivity index (χ3v) is 2.16. The lowest BCUT2D eigenvalue weighted by molar-refractivity contribution is 0.138. The van der Waals surface area contributed by atoms with Gasteiger partial charge in [-0.1, -0.05) is 13.8 Å². The molecule has 0 spiro atoms. The lowest BCUT2D eigenvalue weighted by Gasteiger charge is -2.15. The number of hydrogen-bond donors (Lipinski definition) is 2. The molecule has 0 radical (unpaired) electrons. The number of nitrogens with zero attached hydrogens (tertiary/aromatic N) is 2. The zero-order valence-electron chi connectivity index (χ0n) is 8.94. The van der Waals surface area contributed by atoms with Crippen LogP contribution in [0.2, 0.25) is 0 Å². The summed E-state index contributed by atoms with van der Waals surface area (Å²) < 4.78 is 0. The minimum absolute atomic E-state index is 0.226. The minimum Gasteiger partial charge on any atom is -0.391 e. The van der Waals surface area contributed by atoms with E-state index in [2.05, 4.69) is 10.3 Å². The second kappa shape index (κ2) is 5.32. The van der Waals surface area contributed by atoms with Crippen molar-refractivity contribution in [3.63, 3.8) is 0 Å². The number of aliphatic hydroxyl groups excluding tert-OH is 1. The van der Waals surface area contributed by atoms with Crippen LogP contribution in [-0.4, -0.2) is 22.7 Å². The van der Waals surface area contributed by atoms with Crippen molar-refractivity contribution in [2.75, 3.05) is 11.9 Å². The van der Waals surface area contributed by atoms with Gasteiger partial charge in [-0.2, -0.15) is 5.26 Å². The predicted octanol–water partition coefficient (Wildman–Crippen LogP) is 1.38. The van der Waals surface area contributed by atoms with Crippen molar-refractivity contribution in [2.24, 2.45) is 5.92 Å². The number of aliphatic hydroxyl groups is 1. The van der Waals surface area contributed by atoms with Crippen LogP contribution in [0.25, 0.3) is 0 Å². The Bertz CT molecular complexity index is 340. The summed E-state index contributed by atoms with van der Waals surface area (Å²) in [6.07, 6.45) is 1.21. The van der Waals surface area contributed by atoms with Gasteiger partial charge in [0.1, 0.15) is 11.8 Å². The maximum absolute atomic E-state index is 9.55. The second-order valence-electron chi connectivity index (χ2n) is 3.74. The maximum atomic E-state index is 9.55. The Labute approximate surface area is 89.6 Å². The van der Waals surface area contributed by atoms with E-state index in [1.165, 1.54) is 0 Å². The van der Waals surface area contributed by atoms with Gasteiger partial charge >= 0.3 is 0 Å². The van der Waals surface area contributed by atoms with Gasteiger partial charge in [0.15, 0.2) is 0 Å². The molecule has 0 fully saturated rings. The van der Waals surface area contributed by atoms with Gasteiger partial charge in [-0.25, -0.2) is 4.98 Å². The molecule has 80 valence electrons. The van der Waals surface area contributed by atoms with E-state index in [4.69, 9.17) is 5.26 Å². The third-order valence-electron chi connectivity index (χ3n) is 2.16. The SMILES string of the molecule is CC(C)C(O)CNc1ccc(C#N)nc1. The molecule has 0 aromatic carbocycles. The predicted molar refractivity (Wildman–Crippen MR) is 58.3 cm³/mol. The van der Waals surface area contributed by atoms with Crippen molar-refractivity contribution in [1.82, 2.24) is 4.98 Å². The van der Waals surface area contributed by atoms with Crippen molar-refractivity contribution in [3.8, 4) is 6.07 Å². The van der Waals surface area contributed by atoms with E-state index in [0.717, 1.165) is 5.69 Å². The smallest absolute Gasteiger partial charge is 0.140 e. The fourth-order valence-corrected chi connectivity index (χ4v) is 1.02. The van der Waals surface area contributed by atoms with Gasteiger partial charge < -0.3 is 10.4 Å². The van der Waals surface area contributed by atoms with Crippen molar-refractivity contribution >= 4 is 5.69 Å². The number of pyridine rings is 1. The lowest BCUT2D eigenvalue weighted by atomic mass is 10.1. The van der Waals surface area contributed by atoms with E-state index >= 15 is 0 Å². The molecule has 1 heterocycles. The molecule has 15 heavy (non-hydrogen) atoms. The molecule has 1 atom stereocenters. The molecule has 0 saturated carbocycles. The molecule has 4 heteroatoms. The van der Waals surface area contributed by atoms with Gasteiger partial charge in [0, 0.05) is 6.54 Å². The summed E-state index contributed by atoms with van der Waals surface area (Å²) in [5, 5.41) is 21.2. The molecule has 0 aliphatic heterocycles. The van der Waals surface area contributed by atoms with Gasteiger partial charge in [-0.3, -0.25) is 0 Å². The molecule has 2 N–H and O–H groups in total. The summed E-state index contributed by atoms with van der Waals surface area (Å²) in [6.45, 7) is 4.41. The highest BCUT2D eigenvalue weighted by Gasteiger charge is 2.08. The standard InChI is InChI=1S/C11H15N3O/c1-8(2)11(15)7-14-10-4-3-9(5-12)13-6-10/h3-4,6,8,11,14-15H,7H2,1-2H3. The quantitative estimate of drug-likeness (QED) is 0.779. The van der Waals surface area contributed by atoms with Crippen LogP contribution in [0.1, 0.15) is 19.5 Å². The summed E-state index contributed by atoms with van der Waals surface area (Å²) in [4.78, 5) is 3.91. The molecule has 0 aliphatic rings. The van der Waals surface area contributed by atoms with Crippen LogP contribution in [0, 0.1) is 17.2 Å². The molecular weight excluding hydrogens is 190 g/mol. The summed E-state index contributed by atoms with van der Waals surface area (Å²) in [6, 6.07) is 5.37. The first-order valence-corrected chi connectivity index (χ1v) is 4.91. The Morgan fingerprint density at radius 1 is 1.53 bits per heavy atom. The van der Waals surface area contributed by atoms with Gasteiger partial charge in [-0.05, 0) is 18.1 Å². The fourth-order valence-electron chi connectivity index (χ4n) is 1.02. The summed E-state index contributed by atoms with van der Waals surface area (Å²) in [5.41, 5.74) is 1.21. The number of anilines is 1. The first-order chi connectivity index (χ1) is 7.13. The first-order valence-electron chi connectivity index (χ1n) is 4.91. The average molecular weight is 205 g/mol. The minimum atomic E-state index is -0.374. The summed E-state index contributed by atoms with van der Waals surface area (Å²) >= 11 is 0. The van der Waals surface area contributed by atoms with Crippen LogP contribution < -0.4 is 5.32 Å². The largest absolute Gasteiger partial charge is 0.391 e. The van der Waals surface area contributed by atoms with Crippen molar-refractivity contribution in [3.05, 3.63) is 24.0 Å². The van der Waals surface area contributed by atoms with E-state index in [1.54, 1.807) is 18.3 Å². The normalized spacial score (nSPS) is 12.2. The van der Waals surface area contributed by atoms with Crippen LogP contribution in [0.4, 0.5) is 5.69 Å². The number of aromatic nitrogens is 1. The maximum Gasteiger partial charge on any atom is 0.140 e. The first kappa shape index (κ1) is 11.5. The molecule has 0 saturated heterocycles.